The van der Waals surface area contributed by atoms with Gasteiger partial charge in [0.2, 0.25) is 0 Å². The van der Waals surface area contributed by atoms with Crippen molar-refractivity contribution in [2.24, 2.45) is 0 Å². The molecule has 1 fully saturated rings. The molecule has 0 atom stereocenters. The number of ether oxygens (including phenoxy) is 1. The van der Waals surface area contributed by atoms with Gasteiger partial charge in [-0.2, -0.15) is 0 Å². The summed E-state index contributed by atoms with van der Waals surface area (Å²) in [5.41, 5.74) is 1.17. The Morgan fingerprint density at radius 3 is 2.80 bits per heavy atom. The summed E-state index contributed by atoms with van der Waals surface area (Å²) in [5.74, 6) is 0.921. The lowest BCUT2D eigenvalue weighted by atomic mass is 9.89. The second-order valence-electron chi connectivity index (χ2n) is 4.01. The molecule has 0 bridgehead atoms. The molecule has 82 valence electrons. The molecule has 3 heteroatoms. The molecule has 1 aliphatic carbocycles. The van der Waals surface area contributed by atoms with Crippen LogP contribution >= 0.6 is 0 Å². The molecular weight excluding hydrogens is 190 g/mol. The molecule has 0 saturated heterocycles. The van der Waals surface area contributed by atoms with Crippen LogP contribution in [0, 0.1) is 0 Å². The van der Waals surface area contributed by atoms with Gasteiger partial charge in [-0.15, -0.1) is 0 Å². The molecule has 1 aromatic rings. The fraction of sp³-hybridized carbons (Fsp3) is 0.500. The van der Waals surface area contributed by atoms with Crippen LogP contribution < -0.4 is 10.1 Å². The largest absolute Gasteiger partial charge is 0.496 e. The molecule has 0 heterocycles. The maximum absolute atomic E-state index is 9.15. The number of hydrogen-bond acceptors (Lipinski definition) is 3. The summed E-state index contributed by atoms with van der Waals surface area (Å²) in [5, 5.41) is 12.6. The van der Waals surface area contributed by atoms with Gasteiger partial charge in [-0.25, -0.2) is 0 Å². The zero-order chi connectivity index (χ0) is 10.7. The first-order valence-corrected chi connectivity index (χ1v) is 5.33. The molecule has 1 aliphatic rings. The zero-order valence-electron chi connectivity index (χ0n) is 8.94. The highest BCUT2D eigenvalue weighted by molar-refractivity contribution is 5.33. The Balaban J connectivity index is 1.87. The maximum Gasteiger partial charge on any atom is 0.123 e. The highest BCUT2D eigenvalue weighted by atomic mass is 16.5. The number of methoxy groups -OCH3 is 1. The minimum Gasteiger partial charge on any atom is -0.496 e. The van der Waals surface area contributed by atoms with Gasteiger partial charge in [-0.05, 0) is 18.9 Å². The van der Waals surface area contributed by atoms with Crippen molar-refractivity contribution >= 4 is 0 Å². The standard InChI is InChI=1S/C12H17NO2/c1-15-12-5-3-2-4-9(12)8-13-10-6-11(14)7-10/h2-5,10-11,13-14H,6-8H2,1H3. The minimum atomic E-state index is -0.0971. The summed E-state index contributed by atoms with van der Waals surface area (Å²) in [6.07, 6.45) is 1.64. The summed E-state index contributed by atoms with van der Waals surface area (Å²) >= 11 is 0. The molecule has 0 aromatic heterocycles. The van der Waals surface area contributed by atoms with Gasteiger partial charge in [-0.1, -0.05) is 18.2 Å². The zero-order valence-corrected chi connectivity index (χ0v) is 8.94. The van der Waals surface area contributed by atoms with E-state index >= 15 is 0 Å². The third-order valence-electron chi connectivity index (χ3n) is 2.89. The molecule has 2 rings (SSSR count). The van der Waals surface area contributed by atoms with E-state index < -0.39 is 0 Å². The highest BCUT2D eigenvalue weighted by Crippen LogP contribution is 2.22. The average Bonchev–Trinajstić information content (AvgIpc) is 2.23. The van der Waals surface area contributed by atoms with Crippen LogP contribution in [0.25, 0.3) is 0 Å². The number of nitrogens with one attached hydrogen (secondary N) is 1. The van der Waals surface area contributed by atoms with Gasteiger partial charge in [0.15, 0.2) is 0 Å². The van der Waals surface area contributed by atoms with E-state index in [9.17, 15) is 0 Å². The van der Waals surface area contributed by atoms with Crippen molar-refractivity contribution in [2.45, 2.75) is 31.5 Å². The van der Waals surface area contributed by atoms with E-state index in [4.69, 9.17) is 9.84 Å². The number of aliphatic hydroxyl groups is 1. The van der Waals surface area contributed by atoms with Crippen LogP contribution in [0.3, 0.4) is 0 Å². The number of hydrogen-bond donors (Lipinski definition) is 2. The molecule has 2 N–H and O–H groups in total. The van der Waals surface area contributed by atoms with E-state index in [0.29, 0.717) is 6.04 Å². The van der Waals surface area contributed by atoms with Crippen molar-refractivity contribution in [2.75, 3.05) is 7.11 Å². The van der Waals surface area contributed by atoms with Crippen molar-refractivity contribution in [1.82, 2.24) is 5.32 Å². The normalized spacial score (nSPS) is 24.7. The van der Waals surface area contributed by atoms with Crippen LogP contribution in [0.15, 0.2) is 24.3 Å². The molecule has 0 spiro atoms. The number of aliphatic hydroxyl groups excluding tert-OH is 1. The predicted octanol–water partition coefficient (Wildman–Crippen LogP) is 1.31. The quantitative estimate of drug-likeness (QED) is 0.782. The second-order valence-corrected chi connectivity index (χ2v) is 4.01. The molecule has 0 amide bonds. The third kappa shape index (κ3) is 2.49. The number of benzene rings is 1. The maximum atomic E-state index is 9.15. The van der Waals surface area contributed by atoms with Gasteiger partial charge in [0.25, 0.3) is 0 Å². The Morgan fingerprint density at radius 1 is 1.40 bits per heavy atom. The average molecular weight is 207 g/mol. The van der Waals surface area contributed by atoms with Crippen molar-refractivity contribution < 1.29 is 9.84 Å². The monoisotopic (exact) mass is 207 g/mol. The Morgan fingerprint density at radius 2 is 2.13 bits per heavy atom. The molecule has 3 nitrogen and oxygen atoms in total. The van der Waals surface area contributed by atoms with Gasteiger partial charge >= 0.3 is 0 Å². The summed E-state index contributed by atoms with van der Waals surface area (Å²) in [7, 11) is 1.69. The highest BCUT2D eigenvalue weighted by Gasteiger charge is 2.26. The second kappa shape index (κ2) is 4.64. The number of rotatable bonds is 4. The lowest BCUT2D eigenvalue weighted by Crippen LogP contribution is -2.43. The van der Waals surface area contributed by atoms with Crippen molar-refractivity contribution in [3.8, 4) is 5.75 Å². The Labute approximate surface area is 90.1 Å². The van der Waals surface area contributed by atoms with Gasteiger partial charge < -0.3 is 15.2 Å². The molecule has 0 aliphatic heterocycles. The third-order valence-corrected chi connectivity index (χ3v) is 2.89. The summed E-state index contributed by atoms with van der Waals surface area (Å²) < 4.78 is 5.26. The Bertz CT molecular complexity index is 321. The van der Waals surface area contributed by atoms with Gasteiger partial charge in [-0.3, -0.25) is 0 Å². The van der Waals surface area contributed by atoms with Crippen molar-refractivity contribution in [1.29, 1.82) is 0 Å². The lowest BCUT2D eigenvalue weighted by molar-refractivity contribution is 0.0618. The van der Waals surface area contributed by atoms with Crippen molar-refractivity contribution in [3.63, 3.8) is 0 Å². The SMILES string of the molecule is COc1ccccc1CNC1CC(O)C1. The summed E-state index contributed by atoms with van der Waals surface area (Å²) in [6, 6.07) is 8.46. The first-order valence-electron chi connectivity index (χ1n) is 5.33. The van der Waals surface area contributed by atoms with E-state index in [0.717, 1.165) is 25.1 Å². The van der Waals surface area contributed by atoms with Crippen molar-refractivity contribution in [3.05, 3.63) is 29.8 Å². The summed E-state index contributed by atoms with van der Waals surface area (Å²) in [4.78, 5) is 0. The molecular formula is C12H17NO2. The molecule has 1 aromatic carbocycles. The van der Waals surface area contributed by atoms with E-state index in [-0.39, 0.29) is 6.10 Å². The Hall–Kier alpha value is -1.06. The van der Waals surface area contributed by atoms with E-state index in [1.807, 2.05) is 18.2 Å². The van der Waals surface area contributed by atoms with Crippen LogP contribution in [0.1, 0.15) is 18.4 Å². The first kappa shape index (κ1) is 10.5. The van der Waals surface area contributed by atoms with Crippen LogP contribution in [0.2, 0.25) is 0 Å². The van der Waals surface area contributed by atoms with Gasteiger partial charge in [0.1, 0.15) is 5.75 Å². The van der Waals surface area contributed by atoms with Crippen LogP contribution in [-0.4, -0.2) is 24.4 Å². The molecule has 0 radical (unpaired) electrons. The van der Waals surface area contributed by atoms with Gasteiger partial charge in [0.05, 0.1) is 13.2 Å². The fourth-order valence-corrected chi connectivity index (χ4v) is 1.86. The van der Waals surface area contributed by atoms with Crippen LogP contribution in [0.4, 0.5) is 0 Å². The molecule has 1 saturated carbocycles. The molecule has 15 heavy (non-hydrogen) atoms. The summed E-state index contributed by atoms with van der Waals surface area (Å²) in [6.45, 7) is 0.807. The topological polar surface area (TPSA) is 41.5 Å². The Kier molecular flexibility index (Phi) is 3.23. The van der Waals surface area contributed by atoms with E-state index in [2.05, 4.69) is 11.4 Å². The molecule has 0 unspecified atom stereocenters. The lowest BCUT2D eigenvalue weighted by Gasteiger charge is -2.32. The first-order chi connectivity index (χ1) is 7.29. The fourth-order valence-electron chi connectivity index (χ4n) is 1.86. The van der Waals surface area contributed by atoms with Crippen LogP contribution in [-0.2, 0) is 6.54 Å². The van der Waals surface area contributed by atoms with Gasteiger partial charge in [0, 0.05) is 18.2 Å². The number of para-hydroxylation sites is 1. The minimum absolute atomic E-state index is 0.0971. The predicted molar refractivity (Wildman–Crippen MR) is 58.9 cm³/mol. The van der Waals surface area contributed by atoms with E-state index in [1.165, 1.54) is 5.56 Å². The van der Waals surface area contributed by atoms with Crippen LogP contribution in [0.5, 0.6) is 5.75 Å². The van der Waals surface area contributed by atoms with E-state index in [1.54, 1.807) is 7.11 Å². The smallest absolute Gasteiger partial charge is 0.123 e.